The number of piperidine rings is 1. The first-order valence-electron chi connectivity index (χ1n) is 12.9. The van der Waals surface area contributed by atoms with Gasteiger partial charge in [0.05, 0.1) is 11.5 Å². The van der Waals surface area contributed by atoms with Gasteiger partial charge in [0.2, 0.25) is 0 Å². The maximum atomic E-state index is 13.2. The van der Waals surface area contributed by atoms with Gasteiger partial charge in [-0.05, 0) is 79.3 Å². The van der Waals surface area contributed by atoms with Crippen molar-refractivity contribution in [1.29, 1.82) is 0 Å². The average molecular weight is 502 g/mol. The number of likely N-dealkylation sites (tertiary alicyclic amines) is 1. The maximum absolute atomic E-state index is 13.2. The summed E-state index contributed by atoms with van der Waals surface area (Å²) in [6.07, 6.45) is 1.57. The van der Waals surface area contributed by atoms with Gasteiger partial charge in [-0.2, -0.15) is 13.2 Å². The molecule has 196 valence electrons. The molecule has 0 saturated carbocycles. The van der Waals surface area contributed by atoms with Gasteiger partial charge in [0.15, 0.2) is 0 Å². The summed E-state index contributed by atoms with van der Waals surface area (Å²) in [7, 11) is 0. The molecular formula is C30H38F3NO2. The minimum absolute atomic E-state index is 0.0354. The van der Waals surface area contributed by atoms with Crippen molar-refractivity contribution < 1.29 is 23.1 Å². The number of carboxylic acid groups (broad SMARTS) is 1. The van der Waals surface area contributed by atoms with Gasteiger partial charge in [-0.1, -0.05) is 63.2 Å². The summed E-state index contributed by atoms with van der Waals surface area (Å²) >= 11 is 0. The third-order valence-corrected chi connectivity index (χ3v) is 7.57. The van der Waals surface area contributed by atoms with E-state index in [0.29, 0.717) is 18.9 Å². The molecule has 36 heavy (non-hydrogen) atoms. The summed E-state index contributed by atoms with van der Waals surface area (Å²) in [4.78, 5) is 14.2. The van der Waals surface area contributed by atoms with Gasteiger partial charge in [0.25, 0.3) is 0 Å². The molecule has 1 saturated heterocycles. The predicted molar refractivity (Wildman–Crippen MR) is 138 cm³/mol. The number of carbonyl (C=O) groups is 1. The molecule has 0 spiro atoms. The summed E-state index contributed by atoms with van der Waals surface area (Å²) in [6.45, 7) is 10.6. The van der Waals surface area contributed by atoms with E-state index in [-0.39, 0.29) is 18.0 Å². The Morgan fingerprint density at radius 1 is 1.08 bits per heavy atom. The van der Waals surface area contributed by atoms with Crippen molar-refractivity contribution in [1.82, 2.24) is 4.90 Å². The molecule has 0 radical (unpaired) electrons. The minimum atomic E-state index is -4.39. The molecule has 4 unspecified atom stereocenters. The molecule has 0 aromatic heterocycles. The summed E-state index contributed by atoms with van der Waals surface area (Å²) < 4.78 is 39.7. The average Bonchev–Trinajstić information content (AvgIpc) is 2.84. The van der Waals surface area contributed by atoms with Gasteiger partial charge in [0, 0.05) is 12.1 Å². The van der Waals surface area contributed by atoms with Crippen LogP contribution in [0.15, 0.2) is 61.2 Å². The van der Waals surface area contributed by atoms with Crippen LogP contribution in [0.3, 0.4) is 0 Å². The molecule has 0 aliphatic carbocycles. The predicted octanol–water partition coefficient (Wildman–Crippen LogP) is 8.09. The van der Waals surface area contributed by atoms with Crippen molar-refractivity contribution in [2.75, 3.05) is 6.54 Å². The molecule has 1 aliphatic rings. The van der Waals surface area contributed by atoms with E-state index in [0.717, 1.165) is 43.4 Å². The van der Waals surface area contributed by atoms with E-state index in [1.54, 1.807) is 19.1 Å². The second-order valence-electron chi connectivity index (χ2n) is 10.5. The fourth-order valence-electron chi connectivity index (χ4n) is 5.32. The van der Waals surface area contributed by atoms with E-state index in [9.17, 15) is 23.1 Å². The van der Waals surface area contributed by atoms with Crippen LogP contribution in [0, 0.1) is 17.8 Å². The summed E-state index contributed by atoms with van der Waals surface area (Å²) in [5, 5.41) is 9.64. The number of nitrogens with zero attached hydrogens (tertiary/aromatic N) is 1. The molecule has 3 nitrogen and oxygen atoms in total. The number of benzene rings is 2. The maximum Gasteiger partial charge on any atom is 0.416 e. The first-order valence-corrected chi connectivity index (χ1v) is 12.9. The molecule has 2 aromatic carbocycles. The van der Waals surface area contributed by atoms with Crippen LogP contribution in [0.4, 0.5) is 13.2 Å². The van der Waals surface area contributed by atoms with Gasteiger partial charge in [-0.25, -0.2) is 0 Å². The van der Waals surface area contributed by atoms with Crippen LogP contribution in [0.2, 0.25) is 0 Å². The van der Waals surface area contributed by atoms with Gasteiger partial charge in [-0.3, -0.25) is 9.69 Å². The SMILES string of the molecule is C=CCc1ccc(C(CCC(C)C)N2CCC(C(C)C(=O)O)CC2c2ccc(C(F)(F)F)cc2)cc1. The van der Waals surface area contributed by atoms with Crippen molar-refractivity contribution in [3.8, 4) is 0 Å². The number of rotatable bonds is 10. The van der Waals surface area contributed by atoms with E-state index < -0.39 is 23.6 Å². The molecule has 4 atom stereocenters. The van der Waals surface area contributed by atoms with Crippen molar-refractivity contribution >= 4 is 5.97 Å². The Hall–Kier alpha value is -2.60. The molecule has 3 rings (SSSR count). The number of allylic oxidation sites excluding steroid dienone is 1. The third kappa shape index (κ3) is 7.00. The lowest BCUT2D eigenvalue weighted by Gasteiger charge is -2.45. The normalized spacial score (nSPS) is 20.8. The lowest BCUT2D eigenvalue weighted by Crippen LogP contribution is -2.42. The molecule has 1 N–H and O–H groups in total. The van der Waals surface area contributed by atoms with E-state index in [1.807, 2.05) is 6.08 Å². The zero-order chi connectivity index (χ0) is 26.5. The highest BCUT2D eigenvalue weighted by Gasteiger charge is 2.38. The van der Waals surface area contributed by atoms with Crippen molar-refractivity contribution in [2.45, 2.75) is 71.1 Å². The zero-order valence-corrected chi connectivity index (χ0v) is 21.5. The highest BCUT2D eigenvalue weighted by Crippen LogP contribution is 2.44. The van der Waals surface area contributed by atoms with Crippen LogP contribution in [-0.2, 0) is 17.4 Å². The van der Waals surface area contributed by atoms with Gasteiger partial charge in [-0.15, -0.1) is 6.58 Å². The Balaban J connectivity index is 1.99. The second-order valence-corrected chi connectivity index (χ2v) is 10.5. The highest BCUT2D eigenvalue weighted by atomic mass is 19.4. The molecule has 1 fully saturated rings. The molecule has 2 aromatic rings. The second kappa shape index (κ2) is 12.1. The standard InChI is InChI=1S/C30H38F3NO2/c1-5-6-22-8-10-23(11-9-22)27(16-7-20(2)3)34-18-17-25(21(4)29(35)36)19-28(34)24-12-14-26(15-13-24)30(31,32)33/h5,8-15,20-21,25,27-28H,1,6-7,16-19H2,2-4H3,(H,35,36). The van der Waals surface area contributed by atoms with Crippen LogP contribution in [-0.4, -0.2) is 22.5 Å². The zero-order valence-electron chi connectivity index (χ0n) is 21.5. The Bertz CT molecular complexity index is 998. The Morgan fingerprint density at radius 2 is 1.72 bits per heavy atom. The van der Waals surface area contributed by atoms with Gasteiger partial charge < -0.3 is 5.11 Å². The van der Waals surface area contributed by atoms with Crippen LogP contribution in [0.25, 0.3) is 0 Å². The molecular weight excluding hydrogens is 463 g/mol. The highest BCUT2D eigenvalue weighted by molar-refractivity contribution is 5.69. The number of aliphatic carboxylic acids is 1. The topological polar surface area (TPSA) is 40.5 Å². The summed E-state index contributed by atoms with van der Waals surface area (Å²) in [6, 6.07) is 13.9. The first-order chi connectivity index (χ1) is 17.0. The van der Waals surface area contributed by atoms with Crippen LogP contribution in [0.1, 0.15) is 80.8 Å². The molecule has 6 heteroatoms. The lowest BCUT2D eigenvalue weighted by molar-refractivity contribution is -0.144. The third-order valence-electron chi connectivity index (χ3n) is 7.57. The van der Waals surface area contributed by atoms with Crippen molar-refractivity contribution in [3.63, 3.8) is 0 Å². The Morgan fingerprint density at radius 3 is 2.25 bits per heavy atom. The summed E-state index contributed by atoms with van der Waals surface area (Å²) in [5.41, 5.74) is 2.51. The Kier molecular flexibility index (Phi) is 9.40. The number of halogens is 3. The fourth-order valence-corrected chi connectivity index (χ4v) is 5.32. The minimum Gasteiger partial charge on any atom is -0.481 e. The number of hydrogen-bond acceptors (Lipinski definition) is 2. The van der Waals surface area contributed by atoms with Crippen LogP contribution < -0.4 is 0 Å². The number of hydrogen-bond donors (Lipinski definition) is 1. The molecule has 0 bridgehead atoms. The van der Waals surface area contributed by atoms with Crippen LogP contribution >= 0.6 is 0 Å². The van der Waals surface area contributed by atoms with Gasteiger partial charge in [0.1, 0.15) is 0 Å². The van der Waals surface area contributed by atoms with E-state index in [4.69, 9.17) is 0 Å². The van der Waals surface area contributed by atoms with Crippen molar-refractivity contribution in [3.05, 3.63) is 83.4 Å². The summed E-state index contributed by atoms with van der Waals surface area (Å²) in [5.74, 6) is -0.849. The monoisotopic (exact) mass is 501 g/mol. The number of alkyl halides is 3. The fraction of sp³-hybridized carbons (Fsp3) is 0.500. The quantitative estimate of drug-likeness (QED) is 0.335. The smallest absolute Gasteiger partial charge is 0.416 e. The van der Waals surface area contributed by atoms with Crippen molar-refractivity contribution in [2.24, 2.45) is 17.8 Å². The molecule has 0 amide bonds. The van der Waals surface area contributed by atoms with Crippen LogP contribution in [0.5, 0.6) is 0 Å². The molecule has 1 aliphatic heterocycles. The van der Waals surface area contributed by atoms with E-state index >= 15 is 0 Å². The van der Waals surface area contributed by atoms with Gasteiger partial charge >= 0.3 is 12.1 Å². The van der Waals surface area contributed by atoms with E-state index in [1.165, 1.54) is 11.1 Å². The largest absolute Gasteiger partial charge is 0.481 e. The first kappa shape index (κ1) is 28.0. The lowest BCUT2D eigenvalue weighted by atomic mass is 9.78. The van der Waals surface area contributed by atoms with E-state index in [2.05, 4.69) is 49.6 Å². The molecule has 1 heterocycles. The Labute approximate surface area is 213 Å². The number of carboxylic acids is 1.